The molecule has 2 amide bonds. The number of nitrogens with two attached hydrogens (primary N) is 1. The molecule has 0 aromatic rings. The maximum atomic E-state index is 11.5. The Hall–Kier alpha value is -0.810. The number of hydrogen-bond donors (Lipinski definition) is 3. The summed E-state index contributed by atoms with van der Waals surface area (Å²) in [6, 6.07) is 0. The van der Waals surface area contributed by atoms with Gasteiger partial charge in [0.25, 0.3) is 0 Å². The molecule has 0 aliphatic carbocycles. The molecule has 16 heavy (non-hydrogen) atoms. The Morgan fingerprint density at radius 1 is 1.25 bits per heavy atom. The minimum Gasteiger partial charge on any atom is -0.348 e. The molecule has 5 nitrogen and oxygen atoms in total. The SMILES string of the molecule is CCC(CC)(CN)NC(=O)CNC(C)=O.Cl. The highest BCUT2D eigenvalue weighted by Crippen LogP contribution is 2.12. The lowest BCUT2D eigenvalue weighted by atomic mass is 9.93. The molecule has 0 aromatic carbocycles. The Labute approximate surface area is 103 Å². The van der Waals surface area contributed by atoms with E-state index in [1.54, 1.807) is 0 Å². The zero-order chi connectivity index (χ0) is 11.9. The second-order valence-corrected chi connectivity index (χ2v) is 3.65. The second kappa shape index (κ2) is 8.35. The van der Waals surface area contributed by atoms with Crippen molar-refractivity contribution in [2.75, 3.05) is 13.1 Å². The van der Waals surface area contributed by atoms with Gasteiger partial charge in [0.05, 0.1) is 12.1 Å². The molecule has 4 N–H and O–H groups in total. The van der Waals surface area contributed by atoms with Crippen molar-refractivity contribution in [2.24, 2.45) is 5.73 Å². The third kappa shape index (κ3) is 5.92. The molecule has 0 heterocycles. The monoisotopic (exact) mass is 251 g/mol. The molecule has 0 aliphatic heterocycles. The summed E-state index contributed by atoms with van der Waals surface area (Å²) in [5.41, 5.74) is 5.29. The number of rotatable bonds is 6. The quantitative estimate of drug-likeness (QED) is 0.630. The fourth-order valence-corrected chi connectivity index (χ4v) is 1.31. The average molecular weight is 252 g/mol. The lowest BCUT2D eigenvalue weighted by molar-refractivity contribution is -0.126. The van der Waals surface area contributed by atoms with Gasteiger partial charge < -0.3 is 16.4 Å². The van der Waals surface area contributed by atoms with Crippen LogP contribution in [-0.4, -0.2) is 30.4 Å². The molecule has 0 rings (SSSR count). The van der Waals surface area contributed by atoms with Gasteiger partial charge in [0, 0.05) is 13.5 Å². The van der Waals surface area contributed by atoms with Gasteiger partial charge >= 0.3 is 0 Å². The molecule has 0 aliphatic rings. The van der Waals surface area contributed by atoms with Crippen LogP contribution in [0, 0.1) is 0 Å². The number of hydrogen-bond acceptors (Lipinski definition) is 3. The lowest BCUT2D eigenvalue weighted by Crippen LogP contribution is -2.55. The van der Waals surface area contributed by atoms with Gasteiger partial charge in [-0.25, -0.2) is 0 Å². The summed E-state index contributed by atoms with van der Waals surface area (Å²) in [5, 5.41) is 5.30. The van der Waals surface area contributed by atoms with Crippen molar-refractivity contribution in [3.63, 3.8) is 0 Å². The number of nitrogens with one attached hydrogen (secondary N) is 2. The van der Waals surface area contributed by atoms with Gasteiger partial charge in [0.2, 0.25) is 11.8 Å². The van der Waals surface area contributed by atoms with Crippen molar-refractivity contribution >= 4 is 24.2 Å². The minimum absolute atomic E-state index is 0. The zero-order valence-electron chi connectivity index (χ0n) is 10.1. The first-order valence-electron chi connectivity index (χ1n) is 5.25. The molecule has 0 saturated carbocycles. The van der Waals surface area contributed by atoms with Crippen LogP contribution in [0.3, 0.4) is 0 Å². The minimum atomic E-state index is -0.338. The van der Waals surface area contributed by atoms with Gasteiger partial charge in [-0.2, -0.15) is 0 Å². The van der Waals surface area contributed by atoms with E-state index in [0.717, 1.165) is 12.8 Å². The van der Waals surface area contributed by atoms with Crippen molar-refractivity contribution in [3.8, 4) is 0 Å². The zero-order valence-corrected chi connectivity index (χ0v) is 10.9. The molecule has 0 bridgehead atoms. The third-order valence-corrected chi connectivity index (χ3v) is 2.65. The topological polar surface area (TPSA) is 84.2 Å². The lowest BCUT2D eigenvalue weighted by Gasteiger charge is -2.31. The van der Waals surface area contributed by atoms with Crippen LogP contribution in [0.25, 0.3) is 0 Å². The van der Waals surface area contributed by atoms with E-state index in [9.17, 15) is 9.59 Å². The van der Waals surface area contributed by atoms with Crippen LogP contribution in [0.4, 0.5) is 0 Å². The van der Waals surface area contributed by atoms with Crippen LogP contribution in [0.15, 0.2) is 0 Å². The smallest absolute Gasteiger partial charge is 0.239 e. The van der Waals surface area contributed by atoms with Crippen molar-refractivity contribution in [2.45, 2.75) is 39.2 Å². The van der Waals surface area contributed by atoms with Crippen molar-refractivity contribution in [1.29, 1.82) is 0 Å². The Balaban J connectivity index is 0. The molecular formula is C10H22ClN3O2. The fraction of sp³-hybridized carbons (Fsp3) is 0.800. The number of halogens is 1. The van der Waals surface area contributed by atoms with Gasteiger partial charge in [-0.3, -0.25) is 9.59 Å². The number of carbonyl (C=O) groups excluding carboxylic acids is 2. The second-order valence-electron chi connectivity index (χ2n) is 3.65. The van der Waals surface area contributed by atoms with Gasteiger partial charge in [-0.05, 0) is 12.8 Å². The van der Waals surface area contributed by atoms with Crippen LogP contribution >= 0.6 is 12.4 Å². The first-order valence-corrected chi connectivity index (χ1v) is 5.25. The van der Waals surface area contributed by atoms with E-state index in [1.165, 1.54) is 6.92 Å². The summed E-state index contributed by atoms with van der Waals surface area (Å²) in [6.07, 6.45) is 1.57. The van der Waals surface area contributed by atoms with Crippen molar-refractivity contribution < 1.29 is 9.59 Å². The van der Waals surface area contributed by atoms with E-state index in [1.807, 2.05) is 13.8 Å². The standard InChI is InChI=1S/C10H21N3O2.ClH/c1-4-10(5-2,7-11)13-9(15)6-12-8(3)14;/h4-7,11H2,1-3H3,(H,12,14)(H,13,15);1H. The average Bonchev–Trinajstić information content (AvgIpc) is 2.23. The normalized spacial score (nSPS) is 10.2. The molecule has 0 fully saturated rings. The fourth-order valence-electron chi connectivity index (χ4n) is 1.31. The third-order valence-electron chi connectivity index (χ3n) is 2.65. The molecule has 96 valence electrons. The van der Waals surface area contributed by atoms with Crippen LogP contribution in [0.1, 0.15) is 33.6 Å². The van der Waals surface area contributed by atoms with E-state index in [4.69, 9.17) is 5.73 Å². The Bertz CT molecular complexity index is 222. The molecule has 0 saturated heterocycles. The number of carbonyl (C=O) groups is 2. The van der Waals surface area contributed by atoms with Crippen molar-refractivity contribution in [3.05, 3.63) is 0 Å². The molecule has 0 aromatic heterocycles. The van der Waals surface area contributed by atoms with E-state index in [0.29, 0.717) is 6.54 Å². The van der Waals surface area contributed by atoms with Crippen LogP contribution in [0.2, 0.25) is 0 Å². The summed E-state index contributed by atoms with van der Waals surface area (Å²) < 4.78 is 0. The molecule has 0 spiro atoms. The molecule has 0 unspecified atom stereocenters. The Morgan fingerprint density at radius 3 is 2.06 bits per heavy atom. The summed E-state index contributed by atoms with van der Waals surface area (Å²) in [6.45, 7) is 5.76. The Kier molecular flexibility index (Phi) is 9.18. The van der Waals surface area contributed by atoms with E-state index < -0.39 is 0 Å². The highest BCUT2D eigenvalue weighted by Gasteiger charge is 2.25. The summed E-state index contributed by atoms with van der Waals surface area (Å²) >= 11 is 0. The predicted octanol–water partition coefficient (Wildman–Crippen LogP) is 0.178. The van der Waals surface area contributed by atoms with E-state index in [-0.39, 0.29) is 36.3 Å². The van der Waals surface area contributed by atoms with Crippen LogP contribution < -0.4 is 16.4 Å². The van der Waals surface area contributed by atoms with Gasteiger partial charge in [-0.1, -0.05) is 13.8 Å². The summed E-state index contributed by atoms with van der Waals surface area (Å²) in [7, 11) is 0. The summed E-state index contributed by atoms with van der Waals surface area (Å²) in [5.74, 6) is -0.407. The molecular weight excluding hydrogens is 230 g/mol. The largest absolute Gasteiger partial charge is 0.348 e. The maximum absolute atomic E-state index is 11.5. The van der Waals surface area contributed by atoms with Crippen LogP contribution in [0.5, 0.6) is 0 Å². The first kappa shape index (κ1) is 17.6. The van der Waals surface area contributed by atoms with Gasteiger partial charge in [0.15, 0.2) is 0 Å². The number of amides is 2. The van der Waals surface area contributed by atoms with Crippen molar-refractivity contribution in [1.82, 2.24) is 10.6 Å². The van der Waals surface area contributed by atoms with E-state index in [2.05, 4.69) is 10.6 Å². The van der Waals surface area contributed by atoms with Crippen LogP contribution in [-0.2, 0) is 9.59 Å². The molecule has 0 radical (unpaired) electrons. The van der Waals surface area contributed by atoms with Gasteiger partial charge in [-0.15, -0.1) is 12.4 Å². The molecule has 6 heteroatoms. The predicted molar refractivity (Wildman–Crippen MR) is 66.4 cm³/mol. The highest BCUT2D eigenvalue weighted by molar-refractivity contribution is 5.85. The highest BCUT2D eigenvalue weighted by atomic mass is 35.5. The first-order chi connectivity index (χ1) is 6.99. The molecule has 0 atom stereocenters. The Morgan fingerprint density at radius 2 is 1.75 bits per heavy atom. The summed E-state index contributed by atoms with van der Waals surface area (Å²) in [4.78, 5) is 22.1. The van der Waals surface area contributed by atoms with E-state index >= 15 is 0 Å². The maximum Gasteiger partial charge on any atom is 0.239 e. The van der Waals surface area contributed by atoms with Gasteiger partial charge in [0.1, 0.15) is 0 Å².